The van der Waals surface area contributed by atoms with E-state index in [0.717, 1.165) is 12.8 Å². The minimum atomic E-state index is -1.45. The molecule has 0 saturated carbocycles. The summed E-state index contributed by atoms with van der Waals surface area (Å²) in [6.07, 6.45) is 7.17. The molecule has 2 bridgehead atoms. The van der Waals surface area contributed by atoms with Gasteiger partial charge in [-0.05, 0) is 52.5 Å². The van der Waals surface area contributed by atoms with Crippen molar-refractivity contribution in [3.63, 3.8) is 0 Å². The molecule has 1 unspecified atom stereocenters. The average Bonchev–Trinajstić information content (AvgIpc) is 3.61. The Labute approximate surface area is 222 Å². The number of aromatic amines is 1. The predicted molar refractivity (Wildman–Crippen MR) is 137 cm³/mol. The molecular formula is C26H28FN9O3. The number of nitrogens with zero attached hydrogens (tertiary/aromatic N) is 7. The van der Waals surface area contributed by atoms with Crippen LogP contribution < -0.4 is 5.73 Å². The molecule has 6 rings (SSSR count). The maximum Gasteiger partial charge on any atom is 0.291 e. The second-order valence-electron chi connectivity index (χ2n) is 10.8. The van der Waals surface area contributed by atoms with Gasteiger partial charge in [0, 0.05) is 35.3 Å². The highest BCUT2D eigenvalue weighted by Crippen LogP contribution is 2.45. The molecule has 2 saturated heterocycles. The van der Waals surface area contributed by atoms with Crippen LogP contribution in [-0.2, 0) is 5.60 Å². The Hall–Kier alpha value is -4.26. The summed E-state index contributed by atoms with van der Waals surface area (Å²) in [7, 11) is 0. The minimum absolute atomic E-state index is 0.0394. The molecule has 2 aliphatic rings. The third kappa shape index (κ3) is 4.04. The first-order valence-corrected chi connectivity index (χ1v) is 12.8. The maximum atomic E-state index is 14.9. The van der Waals surface area contributed by atoms with Gasteiger partial charge in [0.15, 0.2) is 11.4 Å². The molecule has 39 heavy (non-hydrogen) atoms. The number of H-pyrrole nitrogens is 1. The van der Waals surface area contributed by atoms with E-state index in [0.29, 0.717) is 40.9 Å². The van der Waals surface area contributed by atoms with Crippen molar-refractivity contribution in [2.45, 2.75) is 70.1 Å². The van der Waals surface area contributed by atoms with Crippen LogP contribution in [0.3, 0.4) is 0 Å². The number of nitrogen functional groups attached to an aromatic ring is 1. The largest absolute Gasteiger partial charge is 0.384 e. The topological polar surface area (TPSA) is 168 Å². The van der Waals surface area contributed by atoms with E-state index in [9.17, 15) is 19.1 Å². The van der Waals surface area contributed by atoms with Crippen LogP contribution in [0.4, 0.5) is 10.2 Å². The number of amides is 1. The maximum absolute atomic E-state index is 14.9. The highest BCUT2D eigenvalue weighted by molar-refractivity contribution is 6.00. The molecule has 4 aromatic heterocycles. The van der Waals surface area contributed by atoms with Gasteiger partial charge < -0.3 is 15.7 Å². The Balaban J connectivity index is 1.41. The standard InChI is InChI=1S/C26H28FN9O3/c1-12(37)19-20(13-6-15-4-5-16(7-13)35(15)25(38)23-30-11-31-34-23)33-24-17(10-32-36(24)22(19)28)14-8-18(27)21(29-9-14)26(2,3)39/h8-11,13,15-16,39H,4-7,28H2,1-3H3,(H,30,31,34)/t13?,15-,16+. The fraction of sp³-hybridized carbons (Fsp3) is 0.423. The minimum Gasteiger partial charge on any atom is -0.384 e. The number of fused-ring (bicyclic) bond motifs is 3. The number of carbonyl (C=O) groups is 2. The number of pyridine rings is 1. The van der Waals surface area contributed by atoms with Crippen molar-refractivity contribution in [1.82, 2.24) is 39.7 Å². The Morgan fingerprint density at radius 3 is 2.49 bits per heavy atom. The number of aliphatic hydroxyl groups is 1. The molecule has 4 N–H and O–H groups in total. The zero-order chi connectivity index (χ0) is 27.6. The normalized spacial score (nSPS) is 21.1. The Kier molecular flexibility index (Phi) is 5.72. The number of nitrogens with two attached hydrogens (primary N) is 1. The number of Topliss-reactive ketones (excluding diaryl/α,β-unsaturated/α-hetero) is 1. The van der Waals surface area contributed by atoms with Crippen LogP contribution >= 0.6 is 0 Å². The number of rotatable bonds is 5. The third-order valence-electron chi connectivity index (χ3n) is 7.77. The molecule has 0 radical (unpaired) electrons. The Morgan fingerprint density at radius 1 is 1.18 bits per heavy atom. The van der Waals surface area contributed by atoms with Gasteiger partial charge in [-0.25, -0.2) is 14.4 Å². The smallest absolute Gasteiger partial charge is 0.291 e. The van der Waals surface area contributed by atoms with Crippen LogP contribution in [0.1, 0.15) is 84.7 Å². The van der Waals surface area contributed by atoms with E-state index in [1.807, 2.05) is 4.90 Å². The molecule has 6 heterocycles. The van der Waals surface area contributed by atoms with Crippen molar-refractivity contribution in [2.24, 2.45) is 0 Å². The lowest BCUT2D eigenvalue weighted by molar-refractivity contribution is 0.0556. The van der Waals surface area contributed by atoms with Gasteiger partial charge >= 0.3 is 0 Å². The molecule has 0 aromatic carbocycles. The van der Waals surface area contributed by atoms with Crippen molar-refractivity contribution in [1.29, 1.82) is 0 Å². The average molecular weight is 534 g/mol. The molecule has 0 aliphatic carbocycles. The number of hydrogen-bond acceptors (Lipinski definition) is 9. The number of piperidine rings is 1. The van der Waals surface area contributed by atoms with Crippen LogP contribution in [0.15, 0.2) is 24.8 Å². The van der Waals surface area contributed by atoms with Crippen LogP contribution in [0.25, 0.3) is 16.8 Å². The predicted octanol–water partition coefficient (Wildman–Crippen LogP) is 2.61. The first-order chi connectivity index (χ1) is 18.5. The number of anilines is 1. The van der Waals surface area contributed by atoms with Crippen LogP contribution in [0.2, 0.25) is 0 Å². The number of aromatic nitrogens is 7. The summed E-state index contributed by atoms with van der Waals surface area (Å²) in [6, 6.07) is 1.20. The van der Waals surface area contributed by atoms with Crippen LogP contribution in [0.5, 0.6) is 0 Å². The molecule has 12 nitrogen and oxygen atoms in total. The zero-order valence-electron chi connectivity index (χ0n) is 21.7. The van der Waals surface area contributed by atoms with Gasteiger partial charge in [-0.1, -0.05) is 0 Å². The van der Waals surface area contributed by atoms with Gasteiger partial charge in [-0.2, -0.15) is 14.7 Å². The summed E-state index contributed by atoms with van der Waals surface area (Å²) in [5, 5.41) is 21.0. The SMILES string of the molecule is CC(=O)c1c(C2C[C@H]3CC[C@@H](C2)N3C(=O)c2ncn[nH]2)nc2c(-c3cnc(C(C)(C)O)c(F)c3)cnn2c1N. The van der Waals surface area contributed by atoms with Crippen molar-refractivity contribution in [3.05, 3.63) is 53.4 Å². The number of carbonyl (C=O) groups excluding carboxylic acids is 2. The molecule has 0 spiro atoms. The van der Waals surface area contributed by atoms with E-state index < -0.39 is 11.4 Å². The zero-order valence-corrected chi connectivity index (χ0v) is 21.7. The summed E-state index contributed by atoms with van der Waals surface area (Å²) in [4.78, 5) is 40.8. The summed E-state index contributed by atoms with van der Waals surface area (Å²) < 4.78 is 16.3. The van der Waals surface area contributed by atoms with Crippen LogP contribution in [0, 0.1) is 5.82 Å². The van der Waals surface area contributed by atoms with Crippen molar-refractivity contribution < 1.29 is 19.1 Å². The highest BCUT2D eigenvalue weighted by Gasteiger charge is 2.45. The van der Waals surface area contributed by atoms with Crippen molar-refractivity contribution in [3.8, 4) is 11.1 Å². The van der Waals surface area contributed by atoms with Gasteiger partial charge in [0.1, 0.15) is 29.3 Å². The first-order valence-electron chi connectivity index (χ1n) is 12.8. The molecule has 3 atom stereocenters. The summed E-state index contributed by atoms with van der Waals surface area (Å²) in [5.74, 6) is -0.836. The van der Waals surface area contributed by atoms with Gasteiger partial charge in [-0.3, -0.25) is 19.7 Å². The van der Waals surface area contributed by atoms with Gasteiger partial charge in [0.2, 0.25) is 5.82 Å². The second-order valence-corrected chi connectivity index (χ2v) is 10.8. The monoisotopic (exact) mass is 533 g/mol. The summed E-state index contributed by atoms with van der Waals surface area (Å²) >= 11 is 0. The Morgan fingerprint density at radius 2 is 1.90 bits per heavy atom. The van der Waals surface area contributed by atoms with E-state index in [1.165, 1.54) is 50.1 Å². The molecule has 4 aromatic rings. The number of hydrogen-bond donors (Lipinski definition) is 3. The fourth-order valence-corrected chi connectivity index (χ4v) is 6.09. The van der Waals surface area contributed by atoms with Crippen molar-refractivity contribution >= 4 is 23.2 Å². The highest BCUT2D eigenvalue weighted by atomic mass is 19.1. The molecule has 1 amide bonds. The van der Waals surface area contributed by atoms with E-state index in [2.05, 4.69) is 25.3 Å². The quantitative estimate of drug-likeness (QED) is 0.327. The molecular weight excluding hydrogens is 505 g/mol. The summed E-state index contributed by atoms with van der Waals surface area (Å²) in [6.45, 7) is 4.37. The van der Waals surface area contributed by atoms with E-state index in [1.54, 1.807) is 0 Å². The lowest BCUT2D eigenvalue weighted by Gasteiger charge is -2.38. The van der Waals surface area contributed by atoms with E-state index in [-0.39, 0.29) is 47.0 Å². The molecule has 2 fully saturated rings. The van der Waals surface area contributed by atoms with E-state index in [4.69, 9.17) is 10.7 Å². The number of nitrogens with one attached hydrogen (secondary N) is 1. The summed E-state index contributed by atoms with van der Waals surface area (Å²) in [5.41, 5.74) is 7.11. The molecule has 2 aliphatic heterocycles. The molecule has 13 heteroatoms. The second kappa shape index (κ2) is 8.90. The fourth-order valence-electron chi connectivity index (χ4n) is 6.09. The molecule has 202 valence electrons. The third-order valence-corrected chi connectivity index (χ3v) is 7.77. The lowest BCUT2D eigenvalue weighted by atomic mass is 9.85. The number of ketones is 1. The number of halogens is 1. The lowest BCUT2D eigenvalue weighted by Crippen LogP contribution is -2.46. The first kappa shape index (κ1) is 25.0. The van der Waals surface area contributed by atoms with Crippen LogP contribution in [-0.4, -0.2) is 68.5 Å². The van der Waals surface area contributed by atoms with Gasteiger partial charge in [0.05, 0.1) is 17.5 Å². The van der Waals surface area contributed by atoms with Crippen molar-refractivity contribution in [2.75, 3.05) is 5.73 Å². The Bertz CT molecular complexity index is 1600. The van der Waals surface area contributed by atoms with Gasteiger partial charge in [0.25, 0.3) is 5.91 Å². The van der Waals surface area contributed by atoms with Gasteiger partial charge in [-0.15, -0.1) is 0 Å². The van der Waals surface area contributed by atoms with E-state index >= 15 is 0 Å².